The molecule has 2 aromatic carbocycles. The molecule has 2 N–H and O–H groups in total. The summed E-state index contributed by atoms with van der Waals surface area (Å²) in [5.74, 6) is 1.13. The van der Waals surface area contributed by atoms with Gasteiger partial charge < -0.3 is 5.32 Å². The number of sulfonamides is 1. The van der Waals surface area contributed by atoms with Crippen molar-refractivity contribution in [2.24, 2.45) is 5.92 Å². The summed E-state index contributed by atoms with van der Waals surface area (Å²) in [7, 11) is -3.58. The molecule has 132 valence electrons. The first-order chi connectivity index (χ1) is 11.9. The molecular weight excluding hydrogens is 332 g/mol. The summed E-state index contributed by atoms with van der Waals surface area (Å²) in [6.07, 6.45) is 3.62. The standard InChI is InChI=1S/C20H24N2O2S/c1-13-6-7-16(10-14(13)2)22-25(23,24)17-8-9-20-19(11-17)18-5-3-4-15(18)12-21-20/h6-11,15,18,21-22H,3-5,12H2,1-2H3/t15-,18-/m0/s1. The predicted octanol–water partition coefficient (Wildman–Crippen LogP) is 4.41. The van der Waals surface area contributed by atoms with Crippen LogP contribution in [0.15, 0.2) is 41.3 Å². The second-order valence-corrected chi connectivity index (χ2v) is 9.01. The molecule has 0 spiro atoms. The average Bonchev–Trinajstić information content (AvgIpc) is 3.06. The van der Waals surface area contributed by atoms with Gasteiger partial charge in [-0.15, -0.1) is 0 Å². The van der Waals surface area contributed by atoms with Gasteiger partial charge in [-0.2, -0.15) is 0 Å². The monoisotopic (exact) mass is 356 g/mol. The van der Waals surface area contributed by atoms with Gasteiger partial charge in [-0.3, -0.25) is 4.72 Å². The minimum atomic E-state index is -3.58. The third-order valence-electron chi connectivity index (χ3n) is 5.71. The SMILES string of the molecule is Cc1ccc(NS(=O)(=O)c2ccc3c(c2)[C@H]2CCC[C@H]2CN3)cc1C. The van der Waals surface area contributed by atoms with Crippen molar-refractivity contribution in [1.29, 1.82) is 0 Å². The summed E-state index contributed by atoms with van der Waals surface area (Å²) < 4.78 is 28.4. The molecule has 0 amide bonds. The molecule has 0 radical (unpaired) electrons. The molecule has 2 atom stereocenters. The number of aryl methyl sites for hydroxylation is 2. The minimum absolute atomic E-state index is 0.346. The molecule has 0 bridgehead atoms. The number of hydrogen-bond acceptors (Lipinski definition) is 3. The van der Waals surface area contributed by atoms with Crippen LogP contribution in [0.2, 0.25) is 0 Å². The van der Waals surface area contributed by atoms with Crippen molar-refractivity contribution in [2.75, 3.05) is 16.6 Å². The fourth-order valence-electron chi connectivity index (χ4n) is 4.13. The van der Waals surface area contributed by atoms with Gasteiger partial charge in [0.2, 0.25) is 0 Å². The Kier molecular flexibility index (Phi) is 3.99. The lowest BCUT2D eigenvalue weighted by atomic mass is 9.85. The Morgan fingerprint density at radius 2 is 1.88 bits per heavy atom. The summed E-state index contributed by atoms with van der Waals surface area (Å²) in [6.45, 7) is 5.00. The van der Waals surface area contributed by atoms with E-state index in [1.165, 1.54) is 12.8 Å². The highest BCUT2D eigenvalue weighted by atomic mass is 32.2. The van der Waals surface area contributed by atoms with Crippen molar-refractivity contribution in [3.63, 3.8) is 0 Å². The average molecular weight is 356 g/mol. The van der Waals surface area contributed by atoms with Gasteiger partial charge in [0.15, 0.2) is 0 Å². The molecule has 1 heterocycles. The van der Waals surface area contributed by atoms with Gasteiger partial charge >= 0.3 is 0 Å². The van der Waals surface area contributed by atoms with Crippen LogP contribution in [0.25, 0.3) is 0 Å². The second kappa shape index (κ2) is 6.06. The highest BCUT2D eigenvalue weighted by molar-refractivity contribution is 7.92. The predicted molar refractivity (Wildman–Crippen MR) is 102 cm³/mol. The molecule has 1 aliphatic heterocycles. The van der Waals surface area contributed by atoms with E-state index in [-0.39, 0.29) is 0 Å². The third kappa shape index (κ3) is 3.01. The van der Waals surface area contributed by atoms with Crippen molar-refractivity contribution >= 4 is 21.4 Å². The Hall–Kier alpha value is -2.01. The third-order valence-corrected chi connectivity index (χ3v) is 7.08. The minimum Gasteiger partial charge on any atom is -0.385 e. The zero-order chi connectivity index (χ0) is 17.6. The van der Waals surface area contributed by atoms with Crippen LogP contribution in [0.1, 0.15) is 41.9 Å². The maximum absolute atomic E-state index is 12.8. The fourth-order valence-corrected chi connectivity index (χ4v) is 5.21. The highest BCUT2D eigenvalue weighted by Gasteiger charge is 2.34. The van der Waals surface area contributed by atoms with Crippen molar-refractivity contribution < 1.29 is 8.42 Å². The molecule has 2 aliphatic rings. The lowest BCUT2D eigenvalue weighted by Gasteiger charge is -2.30. The van der Waals surface area contributed by atoms with Gasteiger partial charge in [0.25, 0.3) is 10.0 Å². The largest absolute Gasteiger partial charge is 0.385 e. The van der Waals surface area contributed by atoms with Gasteiger partial charge in [-0.25, -0.2) is 8.42 Å². The van der Waals surface area contributed by atoms with Crippen molar-refractivity contribution in [1.82, 2.24) is 0 Å². The van der Waals surface area contributed by atoms with E-state index in [4.69, 9.17) is 0 Å². The summed E-state index contributed by atoms with van der Waals surface area (Å²) in [6, 6.07) is 11.1. The zero-order valence-corrected chi connectivity index (χ0v) is 15.5. The smallest absolute Gasteiger partial charge is 0.261 e. The number of rotatable bonds is 3. The second-order valence-electron chi connectivity index (χ2n) is 7.33. The number of nitrogens with one attached hydrogen (secondary N) is 2. The number of hydrogen-bond donors (Lipinski definition) is 2. The lowest BCUT2D eigenvalue weighted by molar-refractivity contribution is 0.494. The number of anilines is 2. The van der Waals surface area contributed by atoms with E-state index in [0.717, 1.165) is 35.3 Å². The number of fused-ring (bicyclic) bond motifs is 3. The maximum atomic E-state index is 12.8. The first kappa shape index (κ1) is 16.5. The molecule has 2 aromatic rings. The molecule has 1 saturated carbocycles. The van der Waals surface area contributed by atoms with Crippen LogP contribution in [-0.2, 0) is 10.0 Å². The van der Waals surface area contributed by atoms with Crippen LogP contribution in [-0.4, -0.2) is 15.0 Å². The van der Waals surface area contributed by atoms with Crippen molar-refractivity contribution in [2.45, 2.75) is 43.9 Å². The molecule has 0 unspecified atom stereocenters. The van der Waals surface area contributed by atoms with E-state index in [1.54, 1.807) is 6.07 Å². The van der Waals surface area contributed by atoms with Gasteiger partial charge in [-0.1, -0.05) is 12.5 Å². The van der Waals surface area contributed by atoms with Crippen molar-refractivity contribution in [3.8, 4) is 0 Å². The van der Waals surface area contributed by atoms with Crippen LogP contribution in [0.4, 0.5) is 11.4 Å². The molecule has 0 saturated heterocycles. The van der Waals surface area contributed by atoms with E-state index < -0.39 is 10.0 Å². The molecule has 4 rings (SSSR count). The Bertz CT molecular complexity index is 921. The maximum Gasteiger partial charge on any atom is 0.261 e. The normalized spacial score (nSPS) is 22.0. The summed E-state index contributed by atoms with van der Waals surface area (Å²) in [5, 5.41) is 3.46. The molecule has 1 fully saturated rings. The Labute approximate surface area is 149 Å². The summed E-state index contributed by atoms with van der Waals surface area (Å²) in [5.41, 5.74) is 5.08. The van der Waals surface area contributed by atoms with Crippen LogP contribution in [0, 0.1) is 19.8 Å². The molecule has 5 heteroatoms. The quantitative estimate of drug-likeness (QED) is 0.856. The topological polar surface area (TPSA) is 58.2 Å². The zero-order valence-electron chi connectivity index (χ0n) is 14.7. The van der Waals surface area contributed by atoms with E-state index in [0.29, 0.717) is 22.4 Å². The fraction of sp³-hybridized carbons (Fsp3) is 0.400. The van der Waals surface area contributed by atoms with E-state index in [2.05, 4.69) is 10.0 Å². The van der Waals surface area contributed by atoms with Gasteiger partial charge in [0.05, 0.1) is 4.90 Å². The molecule has 25 heavy (non-hydrogen) atoms. The molecule has 0 aromatic heterocycles. The van der Waals surface area contributed by atoms with Gasteiger partial charge in [0, 0.05) is 17.9 Å². The van der Waals surface area contributed by atoms with Gasteiger partial charge in [0.1, 0.15) is 0 Å². The van der Waals surface area contributed by atoms with E-state index >= 15 is 0 Å². The molecular formula is C20H24N2O2S. The Morgan fingerprint density at radius 3 is 2.68 bits per heavy atom. The van der Waals surface area contributed by atoms with E-state index in [9.17, 15) is 8.42 Å². The summed E-state index contributed by atoms with van der Waals surface area (Å²) in [4.78, 5) is 0.346. The molecule has 1 aliphatic carbocycles. The Morgan fingerprint density at radius 1 is 1.04 bits per heavy atom. The lowest BCUT2D eigenvalue weighted by Crippen LogP contribution is -2.24. The first-order valence-corrected chi connectivity index (χ1v) is 10.4. The highest BCUT2D eigenvalue weighted by Crippen LogP contribution is 2.46. The summed E-state index contributed by atoms with van der Waals surface area (Å²) >= 11 is 0. The Balaban J connectivity index is 1.66. The first-order valence-electron chi connectivity index (χ1n) is 8.92. The van der Waals surface area contributed by atoms with Crippen LogP contribution in [0.3, 0.4) is 0 Å². The van der Waals surface area contributed by atoms with Crippen molar-refractivity contribution in [3.05, 3.63) is 53.1 Å². The van der Waals surface area contributed by atoms with E-state index in [1.807, 2.05) is 44.2 Å². The van der Waals surface area contributed by atoms with Crippen LogP contribution < -0.4 is 10.0 Å². The van der Waals surface area contributed by atoms with Crippen LogP contribution >= 0.6 is 0 Å². The molecule has 4 nitrogen and oxygen atoms in total. The van der Waals surface area contributed by atoms with Crippen LogP contribution in [0.5, 0.6) is 0 Å². The van der Waals surface area contributed by atoms with Gasteiger partial charge in [-0.05, 0) is 85.5 Å². The number of benzene rings is 2.